The molecule has 0 rings (SSSR count). The van der Waals surface area contributed by atoms with E-state index < -0.39 is 26.5 Å². The van der Waals surface area contributed by atoms with Crippen molar-refractivity contribution in [3.05, 3.63) is 0 Å². The van der Waals surface area contributed by atoms with Gasteiger partial charge in [-0.25, -0.2) is 4.57 Å². The van der Waals surface area contributed by atoms with E-state index in [0.717, 1.165) is 38.5 Å². The van der Waals surface area contributed by atoms with E-state index in [0.29, 0.717) is 17.4 Å². The summed E-state index contributed by atoms with van der Waals surface area (Å²) >= 11 is 0. The van der Waals surface area contributed by atoms with Crippen LogP contribution in [-0.2, 0) is 32.7 Å². The number of quaternary nitrogens is 1. The molecule has 0 aliphatic heterocycles. The Bertz CT molecular complexity index is 1040. The molecule has 63 heavy (non-hydrogen) atoms. The summed E-state index contributed by atoms with van der Waals surface area (Å²) in [6, 6.07) is 0. The van der Waals surface area contributed by atoms with Crippen molar-refractivity contribution in [2.24, 2.45) is 0 Å². The molecule has 10 heteroatoms. The van der Waals surface area contributed by atoms with Crippen molar-refractivity contribution in [3.63, 3.8) is 0 Å². The molecule has 0 aliphatic rings. The Kier molecular flexibility index (Phi) is 45.4. The van der Waals surface area contributed by atoms with Crippen molar-refractivity contribution in [2.75, 3.05) is 47.5 Å². The summed E-state index contributed by atoms with van der Waals surface area (Å²) in [5, 5.41) is 0. The van der Waals surface area contributed by atoms with E-state index in [-0.39, 0.29) is 25.6 Å². The van der Waals surface area contributed by atoms with Crippen molar-refractivity contribution in [3.8, 4) is 0 Å². The molecule has 0 saturated heterocycles. The minimum Gasteiger partial charge on any atom is -0.462 e. The third-order valence-corrected chi connectivity index (χ3v) is 13.4. The van der Waals surface area contributed by atoms with Gasteiger partial charge in [0, 0.05) is 12.8 Å². The summed E-state index contributed by atoms with van der Waals surface area (Å²) < 4.78 is 34.5. The molecule has 0 radical (unpaired) electrons. The van der Waals surface area contributed by atoms with E-state index >= 15 is 0 Å². The number of hydrogen-bond donors (Lipinski definition) is 1. The molecule has 0 aromatic heterocycles. The minimum atomic E-state index is -4.37. The maximum Gasteiger partial charge on any atom is 0.472 e. The molecule has 0 fully saturated rings. The number of phosphoric ester groups is 1. The Morgan fingerprint density at radius 2 is 0.714 bits per heavy atom. The van der Waals surface area contributed by atoms with Crippen LogP contribution in [0.25, 0.3) is 0 Å². The molecule has 0 saturated carbocycles. The van der Waals surface area contributed by atoms with Crippen LogP contribution in [0.15, 0.2) is 0 Å². The van der Waals surface area contributed by atoms with E-state index in [4.69, 9.17) is 18.5 Å². The largest absolute Gasteiger partial charge is 0.472 e. The summed E-state index contributed by atoms with van der Waals surface area (Å²) in [4.78, 5) is 35.6. The topological polar surface area (TPSA) is 108 Å². The van der Waals surface area contributed by atoms with E-state index in [1.54, 1.807) is 0 Å². The summed E-state index contributed by atoms with van der Waals surface area (Å²) in [6.45, 7) is 4.50. The number of unbranched alkanes of at least 4 members (excludes halogenated alkanes) is 37. The summed E-state index contributed by atoms with van der Waals surface area (Å²) in [6.07, 6.45) is 50.2. The fourth-order valence-electron chi connectivity index (χ4n) is 8.14. The van der Waals surface area contributed by atoms with Crippen LogP contribution in [-0.4, -0.2) is 74.9 Å². The second-order valence-electron chi connectivity index (χ2n) is 20.0. The zero-order chi connectivity index (χ0) is 46.4. The first-order valence-electron chi connectivity index (χ1n) is 27.3. The highest BCUT2D eigenvalue weighted by Crippen LogP contribution is 2.43. The lowest BCUT2D eigenvalue weighted by atomic mass is 10.0. The van der Waals surface area contributed by atoms with Crippen LogP contribution in [0.3, 0.4) is 0 Å². The fourth-order valence-corrected chi connectivity index (χ4v) is 8.88. The maximum absolute atomic E-state index is 12.8. The van der Waals surface area contributed by atoms with Gasteiger partial charge in [-0.15, -0.1) is 0 Å². The van der Waals surface area contributed by atoms with Gasteiger partial charge in [-0.05, 0) is 12.8 Å². The van der Waals surface area contributed by atoms with Gasteiger partial charge in [-0.2, -0.15) is 0 Å². The van der Waals surface area contributed by atoms with Crippen molar-refractivity contribution >= 4 is 19.8 Å². The zero-order valence-corrected chi connectivity index (χ0v) is 43.5. The Morgan fingerprint density at radius 3 is 1.02 bits per heavy atom. The third-order valence-electron chi connectivity index (χ3n) is 12.4. The lowest BCUT2D eigenvalue weighted by Crippen LogP contribution is -2.37. The summed E-state index contributed by atoms with van der Waals surface area (Å²) in [5.41, 5.74) is 0. The van der Waals surface area contributed by atoms with Crippen LogP contribution in [0.1, 0.15) is 277 Å². The first-order chi connectivity index (χ1) is 30.5. The number of likely N-dealkylation sites (N-methyl/N-ethyl adjacent to an activating group) is 1. The van der Waals surface area contributed by atoms with Crippen LogP contribution in [0, 0.1) is 0 Å². The number of carbonyl (C=O) groups is 2. The van der Waals surface area contributed by atoms with Crippen molar-refractivity contribution in [1.29, 1.82) is 0 Å². The lowest BCUT2D eigenvalue weighted by molar-refractivity contribution is -0.870. The van der Waals surface area contributed by atoms with Gasteiger partial charge in [0.05, 0.1) is 27.7 Å². The monoisotopic (exact) mass is 917 g/mol. The van der Waals surface area contributed by atoms with Gasteiger partial charge in [0.15, 0.2) is 6.10 Å². The molecule has 376 valence electrons. The predicted octanol–water partition coefficient (Wildman–Crippen LogP) is 16.3. The Morgan fingerprint density at radius 1 is 0.429 bits per heavy atom. The van der Waals surface area contributed by atoms with Crippen molar-refractivity contribution < 1.29 is 42.1 Å². The maximum atomic E-state index is 12.8. The quantitative estimate of drug-likeness (QED) is 0.0278. The average molecular weight is 917 g/mol. The molecule has 1 N–H and O–H groups in total. The van der Waals surface area contributed by atoms with Gasteiger partial charge >= 0.3 is 19.8 Å². The third kappa shape index (κ3) is 50.3. The summed E-state index contributed by atoms with van der Waals surface area (Å²) in [7, 11) is 1.50. The number of nitrogens with zero attached hydrogens (tertiary/aromatic N) is 1. The number of esters is 2. The second kappa shape index (κ2) is 46.1. The molecule has 0 aromatic rings. The highest BCUT2D eigenvalue weighted by atomic mass is 31.2. The van der Waals surface area contributed by atoms with Gasteiger partial charge in [-0.1, -0.05) is 251 Å². The summed E-state index contributed by atoms with van der Waals surface area (Å²) in [5.74, 6) is -0.776. The standard InChI is InChI=1S/C53H106NO8P/c1-6-8-10-12-14-16-18-20-22-24-25-26-27-28-29-30-32-34-36-38-40-42-44-46-53(56)62-51(50-61-63(57,58)60-48-47-54(3,4)5)49-59-52(55)45-43-41-39-37-35-33-31-23-21-19-17-15-13-11-9-7-2/h51H,6-50H2,1-5H3/p+1. The molecule has 9 nitrogen and oxygen atoms in total. The van der Waals surface area contributed by atoms with Crippen molar-refractivity contribution in [2.45, 2.75) is 283 Å². The number of hydrogen-bond acceptors (Lipinski definition) is 7. The van der Waals surface area contributed by atoms with Crippen molar-refractivity contribution in [1.82, 2.24) is 0 Å². The van der Waals surface area contributed by atoms with Crippen LogP contribution in [0.2, 0.25) is 0 Å². The average Bonchev–Trinajstić information content (AvgIpc) is 3.24. The van der Waals surface area contributed by atoms with E-state index in [9.17, 15) is 19.0 Å². The Hall–Kier alpha value is -0.990. The highest BCUT2D eigenvalue weighted by molar-refractivity contribution is 7.47. The number of ether oxygens (including phenoxy) is 2. The molecule has 2 atom stereocenters. The van der Waals surface area contributed by atoms with E-state index in [2.05, 4.69) is 13.8 Å². The molecular formula is C53H107NO8P+. The lowest BCUT2D eigenvalue weighted by Gasteiger charge is -2.24. The second-order valence-corrected chi connectivity index (χ2v) is 21.4. The van der Waals surface area contributed by atoms with Crippen LogP contribution in [0.4, 0.5) is 0 Å². The molecule has 0 heterocycles. The highest BCUT2D eigenvalue weighted by Gasteiger charge is 2.27. The molecule has 0 amide bonds. The molecule has 2 unspecified atom stereocenters. The SMILES string of the molecule is CCCCCCCCCCCCCCCCCCCCCCCCCC(=O)OC(COC(=O)CCCCCCCCCCCCCCCCCC)COP(=O)(O)OCC[N+](C)(C)C. The Balaban J connectivity index is 4.14. The van der Waals surface area contributed by atoms with E-state index in [1.165, 1.54) is 212 Å². The number of phosphoric acid groups is 1. The molecule has 0 aliphatic carbocycles. The van der Waals surface area contributed by atoms with Crippen LogP contribution >= 0.6 is 7.82 Å². The van der Waals surface area contributed by atoms with Crippen LogP contribution < -0.4 is 0 Å². The normalized spacial score (nSPS) is 13.3. The molecule has 0 aromatic carbocycles. The number of carbonyl (C=O) groups excluding carboxylic acids is 2. The molecular weight excluding hydrogens is 810 g/mol. The fraction of sp³-hybridized carbons (Fsp3) is 0.962. The van der Waals surface area contributed by atoms with Crippen LogP contribution in [0.5, 0.6) is 0 Å². The van der Waals surface area contributed by atoms with Gasteiger partial charge < -0.3 is 18.9 Å². The molecule has 0 spiro atoms. The zero-order valence-electron chi connectivity index (χ0n) is 42.6. The smallest absolute Gasteiger partial charge is 0.462 e. The predicted molar refractivity (Wildman–Crippen MR) is 266 cm³/mol. The first kappa shape index (κ1) is 62.0. The van der Waals surface area contributed by atoms with Gasteiger partial charge in [0.2, 0.25) is 0 Å². The van der Waals surface area contributed by atoms with Gasteiger partial charge in [-0.3, -0.25) is 18.6 Å². The van der Waals surface area contributed by atoms with Gasteiger partial charge in [0.25, 0.3) is 0 Å². The van der Waals surface area contributed by atoms with Gasteiger partial charge in [0.1, 0.15) is 19.8 Å². The Labute approximate surface area is 391 Å². The number of rotatable bonds is 51. The first-order valence-corrected chi connectivity index (χ1v) is 28.8. The minimum absolute atomic E-state index is 0.0373. The molecule has 0 bridgehead atoms. The van der Waals surface area contributed by atoms with E-state index in [1.807, 2.05) is 21.1 Å².